The molecule has 0 aliphatic carbocycles. The summed E-state index contributed by atoms with van der Waals surface area (Å²) in [6.45, 7) is 0.548. The van der Waals surface area contributed by atoms with E-state index in [1.54, 1.807) is 3.93 Å². The van der Waals surface area contributed by atoms with E-state index in [0.717, 1.165) is 10.7 Å². The molecule has 0 radical (unpaired) electrons. The second-order valence-electron chi connectivity index (χ2n) is 2.19. The molecule has 0 unspecified atom stereocenters. The molecule has 1 aromatic rings. The summed E-state index contributed by atoms with van der Waals surface area (Å²) in [4.78, 5) is 7.19. The molecule has 0 fully saturated rings. The smallest absolute Gasteiger partial charge is 0.137 e. The molecule has 11 heavy (non-hydrogen) atoms. The number of hydrogen-bond acceptors (Lipinski definition) is 2. The molecule has 0 saturated carbocycles. The SMILES string of the molecule is ClC1=c2cc[nH]c2=NCN1Br. The molecule has 1 N–H and O–H groups in total. The number of rotatable bonds is 0. The Morgan fingerprint density at radius 1 is 1.73 bits per heavy atom. The minimum atomic E-state index is 0.548. The van der Waals surface area contributed by atoms with Crippen LogP contribution < -0.4 is 10.7 Å². The molecule has 1 aromatic heterocycles. The molecule has 2 heterocycles. The van der Waals surface area contributed by atoms with E-state index in [0.29, 0.717) is 11.8 Å². The Bertz CT molecular complexity index is 383. The lowest BCUT2D eigenvalue weighted by Crippen LogP contribution is -2.33. The highest BCUT2D eigenvalue weighted by Gasteiger charge is 2.08. The molecule has 0 saturated heterocycles. The van der Waals surface area contributed by atoms with E-state index in [4.69, 9.17) is 11.6 Å². The Labute approximate surface area is 76.7 Å². The van der Waals surface area contributed by atoms with E-state index >= 15 is 0 Å². The highest BCUT2D eigenvalue weighted by molar-refractivity contribution is 9.07. The van der Waals surface area contributed by atoms with Crippen LogP contribution in [0.2, 0.25) is 0 Å². The molecule has 3 nitrogen and oxygen atoms in total. The number of nitrogens with zero attached hydrogens (tertiary/aromatic N) is 2. The molecule has 58 valence electrons. The van der Waals surface area contributed by atoms with Crippen LogP contribution in [-0.4, -0.2) is 15.6 Å². The highest BCUT2D eigenvalue weighted by atomic mass is 79.9. The van der Waals surface area contributed by atoms with Crippen molar-refractivity contribution < 1.29 is 0 Å². The number of aromatic nitrogens is 1. The first kappa shape index (κ1) is 7.18. The summed E-state index contributed by atoms with van der Waals surface area (Å²) in [6.07, 6.45) is 1.82. The molecule has 5 heteroatoms. The van der Waals surface area contributed by atoms with Crippen molar-refractivity contribution in [2.45, 2.75) is 0 Å². The van der Waals surface area contributed by atoms with E-state index in [1.807, 2.05) is 12.3 Å². The first-order valence-corrected chi connectivity index (χ1v) is 4.19. The average Bonchev–Trinajstić information content (AvgIpc) is 2.45. The van der Waals surface area contributed by atoms with Gasteiger partial charge in [0.05, 0.1) is 21.4 Å². The zero-order valence-corrected chi connectivity index (χ0v) is 7.85. The van der Waals surface area contributed by atoms with Gasteiger partial charge in [0.15, 0.2) is 0 Å². The van der Waals surface area contributed by atoms with Crippen LogP contribution in [0.15, 0.2) is 17.3 Å². The van der Waals surface area contributed by atoms with Gasteiger partial charge in [-0.15, -0.1) is 0 Å². The van der Waals surface area contributed by atoms with Crippen LogP contribution in [0.4, 0.5) is 0 Å². The molecular formula is C6H5BrClN3. The summed E-state index contributed by atoms with van der Waals surface area (Å²) in [7, 11) is 0. The molecule has 1 aliphatic rings. The summed E-state index contributed by atoms with van der Waals surface area (Å²) in [6, 6.07) is 1.90. The Kier molecular flexibility index (Phi) is 1.65. The third-order valence-corrected chi connectivity index (χ3v) is 2.70. The summed E-state index contributed by atoms with van der Waals surface area (Å²) in [5.41, 5.74) is 0.853. The summed E-state index contributed by atoms with van der Waals surface area (Å²) in [5.74, 6) is 0. The molecule has 0 bridgehead atoms. The van der Waals surface area contributed by atoms with Gasteiger partial charge in [-0.3, -0.25) is 3.93 Å². The molecule has 2 rings (SSSR count). The fourth-order valence-electron chi connectivity index (χ4n) is 0.983. The van der Waals surface area contributed by atoms with Crippen molar-refractivity contribution in [3.63, 3.8) is 0 Å². The maximum atomic E-state index is 5.95. The van der Waals surface area contributed by atoms with E-state index in [9.17, 15) is 0 Å². The molecule has 0 amide bonds. The van der Waals surface area contributed by atoms with Crippen LogP contribution >= 0.6 is 27.7 Å². The largest absolute Gasteiger partial charge is 0.346 e. The van der Waals surface area contributed by atoms with Gasteiger partial charge in [-0.25, -0.2) is 4.99 Å². The molecule has 0 atom stereocenters. The van der Waals surface area contributed by atoms with Crippen molar-refractivity contribution in [3.05, 3.63) is 23.0 Å². The Morgan fingerprint density at radius 2 is 2.55 bits per heavy atom. The second kappa shape index (κ2) is 2.53. The van der Waals surface area contributed by atoms with Gasteiger partial charge in [0, 0.05) is 6.20 Å². The van der Waals surface area contributed by atoms with Gasteiger partial charge < -0.3 is 4.98 Å². The van der Waals surface area contributed by atoms with E-state index in [-0.39, 0.29) is 0 Å². The topological polar surface area (TPSA) is 31.4 Å². The number of H-pyrrole nitrogens is 1. The summed E-state index contributed by atoms with van der Waals surface area (Å²) >= 11 is 9.22. The molecule has 1 aliphatic heterocycles. The first-order chi connectivity index (χ1) is 5.29. The third-order valence-electron chi connectivity index (χ3n) is 1.51. The monoisotopic (exact) mass is 233 g/mol. The standard InChI is InChI=1S/C6H5BrClN3/c7-11-3-10-6-4(5(11)8)1-2-9-6/h1-2H,3H2,(H,9,10). The van der Waals surface area contributed by atoms with E-state index < -0.39 is 0 Å². The summed E-state index contributed by atoms with van der Waals surface area (Å²) in [5, 5.41) is 1.62. The van der Waals surface area contributed by atoms with Crippen LogP contribution in [0.25, 0.3) is 5.16 Å². The van der Waals surface area contributed by atoms with Crippen LogP contribution in [-0.2, 0) is 0 Å². The highest BCUT2D eigenvalue weighted by Crippen LogP contribution is 2.14. The fourth-order valence-corrected chi connectivity index (χ4v) is 1.49. The van der Waals surface area contributed by atoms with Crippen molar-refractivity contribution in [3.8, 4) is 0 Å². The van der Waals surface area contributed by atoms with E-state index in [2.05, 4.69) is 26.1 Å². The lowest BCUT2D eigenvalue weighted by molar-refractivity contribution is 0.663. The Morgan fingerprint density at radius 3 is 3.36 bits per heavy atom. The predicted octanol–water partition coefficient (Wildman–Crippen LogP) is 0.522. The van der Waals surface area contributed by atoms with E-state index in [1.165, 1.54) is 0 Å². The van der Waals surface area contributed by atoms with Gasteiger partial charge in [-0.05, 0) is 6.07 Å². The van der Waals surface area contributed by atoms with Crippen LogP contribution in [0, 0.1) is 0 Å². The minimum Gasteiger partial charge on any atom is -0.346 e. The lowest BCUT2D eigenvalue weighted by Gasteiger charge is -2.13. The van der Waals surface area contributed by atoms with Crippen LogP contribution in [0.1, 0.15) is 0 Å². The van der Waals surface area contributed by atoms with Crippen LogP contribution in [0.3, 0.4) is 0 Å². The van der Waals surface area contributed by atoms with Crippen molar-refractivity contribution in [2.24, 2.45) is 4.99 Å². The lowest BCUT2D eigenvalue weighted by atomic mass is 10.5. The number of hydrogen-bond donors (Lipinski definition) is 1. The van der Waals surface area contributed by atoms with Gasteiger partial charge in [-0.2, -0.15) is 0 Å². The predicted molar refractivity (Wildman–Crippen MR) is 46.5 cm³/mol. The molecule has 0 aromatic carbocycles. The van der Waals surface area contributed by atoms with Crippen LogP contribution in [0.5, 0.6) is 0 Å². The van der Waals surface area contributed by atoms with Gasteiger partial charge in [0.2, 0.25) is 0 Å². The number of halogens is 2. The van der Waals surface area contributed by atoms with Crippen molar-refractivity contribution in [1.29, 1.82) is 0 Å². The minimum absolute atomic E-state index is 0.548. The van der Waals surface area contributed by atoms with Gasteiger partial charge >= 0.3 is 0 Å². The molecular weight excluding hydrogens is 229 g/mol. The normalized spacial score (nSPS) is 16.2. The number of nitrogens with one attached hydrogen (secondary N) is 1. The number of aromatic amines is 1. The van der Waals surface area contributed by atoms with Crippen molar-refractivity contribution in [2.75, 3.05) is 6.67 Å². The maximum absolute atomic E-state index is 5.95. The average molecular weight is 234 g/mol. The van der Waals surface area contributed by atoms with Crippen molar-refractivity contribution >= 4 is 32.9 Å². The maximum Gasteiger partial charge on any atom is 0.137 e. The van der Waals surface area contributed by atoms with Gasteiger partial charge in [0.25, 0.3) is 0 Å². The third kappa shape index (κ3) is 1.06. The fraction of sp³-hybridized carbons (Fsp3) is 0.167. The number of fused-ring (bicyclic) bond motifs is 1. The Balaban J connectivity index is 2.82. The Hall–Kier alpha value is -0.480. The zero-order valence-electron chi connectivity index (χ0n) is 5.51. The molecule has 0 spiro atoms. The van der Waals surface area contributed by atoms with Gasteiger partial charge in [-0.1, -0.05) is 11.6 Å². The summed E-state index contributed by atoms with van der Waals surface area (Å²) < 4.78 is 1.71. The van der Waals surface area contributed by atoms with Crippen molar-refractivity contribution in [1.82, 2.24) is 8.91 Å². The van der Waals surface area contributed by atoms with Gasteiger partial charge in [0.1, 0.15) is 17.3 Å². The quantitative estimate of drug-likeness (QED) is 0.515. The second-order valence-corrected chi connectivity index (χ2v) is 3.41. The first-order valence-electron chi connectivity index (χ1n) is 3.10. The zero-order chi connectivity index (χ0) is 7.84.